The molecule has 0 atom stereocenters. The predicted molar refractivity (Wildman–Crippen MR) is 121 cm³/mol. The average Bonchev–Trinajstić information content (AvgIpc) is 3.01. The van der Waals surface area contributed by atoms with E-state index in [4.69, 9.17) is 4.74 Å². The predicted octanol–water partition coefficient (Wildman–Crippen LogP) is 6.50. The third-order valence-electron chi connectivity index (χ3n) is 4.48. The monoisotopic (exact) mass is 460 g/mol. The Balaban J connectivity index is 1.65. The smallest absolute Gasteiger partial charge is 0.264 e. The lowest BCUT2D eigenvalue weighted by Gasteiger charge is -2.18. The number of thiazole rings is 1. The van der Waals surface area contributed by atoms with Gasteiger partial charge in [-0.2, -0.15) is 0 Å². The molecule has 0 saturated carbocycles. The summed E-state index contributed by atoms with van der Waals surface area (Å²) in [7, 11) is 0. The van der Waals surface area contributed by atoms with Crippen LogP contribution in [0.2, 0.25) is 0 Å². The van der Waals surface area contributed by atoms with Crippen LogP contribution >= 0.6 is 27.3 Å². The molecule has 2 aromatic carbocycles. The minimum absolute atomic E-state index is 0.0667. The zero-order valence-corrected chi connectivity index (χ0v) is 19.2. The van der Waals surface area contributed by atoms with E-state index in [0.717, 1.165) is 14.7 Å². The second-order valence-electron chi connectivity index (χ2n) is 8.13. The average molecular weight is 461 g/mol. The number of hydrogen-bond acceptors (Lipinski definition) is 4. The van der Waals surface area contributed by atoms with Crippen LogP contribution in [0, 0.1) is 0 Å². The van der Waals surface area contributed by atoms with Gasteiger partial charge in [0.15, 0.2) is 11.7 Å². The summed E-state index contributed by atoms with van der Waals surface area (Å²) in [6.45, 7) is 10.8. The Morgan fingerprint density at radius 2 is 1.96 bits per heavy atom. The van der Waals surface area contributed by atoms with Crippen molar-refractivity contribution in [3.63, 3.8) is 0 Å². The normalized spacial score (nSPS) is 11.8. The molecule has 1 amide bonds. The first kappa shape index (κ1) is 20.8. The van der Waals surface area contributed by atoms with Crippen LogP contribution in [0.5, 0.6) is 5.75 Å². The maximum absolute atomic E-state index is 12.3. The van der Waals surface area contributed by atoms with Gasteiger partial charge in [-0.25, -0.2) is 4.98 Å². The highest BCUT2D eigenvalue weighted by atomic mass is 79.9. The van der Waals surface area contributed by atoms with Crippen molar-refractivity contribution in [3.8, 4) is 5.75 Å². The molecular weight excluding hydrogens is 436 g/mol. The Morgan fingerprint density at radius 1 is 1.21 bits per heavy atom. The van der Waals surface area contributed by atoms with Crippen molar-refractivity contribution in [2.45, 2.75) is 46.0 Å². The number of carbonyl (C=O) groups is 1. The maximum atomic E-state index is 12.3. The van der Waals surface area contributed by atoms with Gasteiger partial charge in [0.2, 0.25) is 0 Å². The largest absolute Gasteiger partial charge is 0.483 e. The van der Waals surface area contributed by atoms with Crippen LogP contribution in [-0.4, -0.2) is 17.5 Å². The van der Waals surface area contributed by atoms with Crippen LogP contribution < -0.4 is 10.1 Å². The van der Waals surface area contributed by atoms with E-state index in [-0.39, 0.29) is 17.9 Å². The van der Waals surface area contributed by atoms with Crippen molar-refractivity contribution < 1.29 is 9.53 Å². The van der Waals surface area contributed by atoms with Crippen molar-refractivity contribution in [3.05, 3.63) is 52.0 Å². The number of ether oxygens (including phenoxy) is 1. The standard InChI is InChI=1S/C22H25BrN2O2S/c1-13(2)14-6-9-18(16(23)10-14)27-12-20(26)25-21-24-17-8-7-15(22(3,4)5)11-19(17)28-21/h6-11,13H,12H2,1-5H3,(H,24,25,26). The van der Waals surface area contributed by atoms with Gasteiger partial charge in [0.25, 0.3) is 5.91 Å². The summed E-state index contributed by atoms with van der Waals surface area (Å²) in [6, 6.07) is 12.2. The third-order valence-corrected chi connectivity index (χ3v) is 6.04. The molecule has 4 nitrogen and oxygen atoms in total. The molecule has 3 rings (SSSR count). The van der Waals surface area contributed by atoms with Crippen molar-refractivity contribution in [1.82, 2.24) is 4.98 Å². The first-order valence-electron chi connectivity index (χ1n) is 9.26. The SMILES string of the molecule is CC(C)c1ccc(OCC(=O)Nc2nc3ccc(C(C)(C)C)cc3s2)c(Br)c1. The van der Waals surface area contributed by atoms with Crippen LogP contribution in [-0.2, 0) is 10.2 Å². The molecule has 0 aliphatic heterocycles. The lowest BCUT2D eigenvalue weighted by Crippen LogP contribution is -2.20. The van der Waals surface area contributed by atoms with E-state index in [0.29, 0.717) is 16.8 Å². The van der Waals surface area contributed by atoms with Crippen LogP contribution in [0.1, 0.15) is 51.7 Å². The molecule has 0 fully saturated rings. The van der Waals surface area contributed by atoms with E-state index in [1.165, 1.54) is 22.5 Å². The Kier molecular flexibility index (Phi) is 6.10. The highest BCUT2D eigenvalue weighted by molar-refractivity contribution is 9.10. The van der Waals surface area contributed by atoms with Crippen molar-refractivity contribution in [2.24, 2.45) is 0 Å². The quantitative estimate of drug-likeness (QED) is 0.472. The Morgan fingerprint density at radius 3 is 2.61 bits per heavy atom. The number of nitrogens with one attached hydrogen (secondary N) is 1. The maximum Gasteiger partial charge on any atom is 0.264 e. The number of rotatable bonds is 5. The van der Waals surface area contributed by atoms with Gasteiger partial charge in [-0.3, -0.25) is 10.1 Å². The molecule has 3 aromatic rings. The number of carbonyl (C=O) groups excluding carboxylic acids is 1. The number of hydrogen-bond donors (Lipinski definition) is 1. The number of amides is 1. The van der Waals surface area contributed by atoms with Gasteiger partial charge in [0.05, 0.1) is 14.7 Å². The fraction of sp³-hybridized carbons (Fsp3) is 0.364. The molecule has 0 saturated heterocycles. The summed E-state index contributed by atoms with van der Waals surface area (Å²) in [5.74, 6) is 0.861. The zero-order chi connectivity index (χ0) is 20.5. The van der Waals surface area contributed by atoms with Crippen molar-refractivity contribution in [2.75, 3.05) is 11.9 Å². The van der Waals surface area contributed by atoms with E-state index in [1.54, 1.807) is 0 Å². The topological polar surface area (TPSA) is 51.2 Å². The summed E-state index contributed by atoms with van der Waals surface area (Å²) in [6.07, 6.45) is 0. The van der Waals surface area contributed by atoms with Crippen LogP contribution in [0.15, 0.2) is 40.9 Å². The summed E-state index contributed by atoms with van der Waals surface area (Å²) in [5, 5.41) is 3.42. The minimum Gasteiger partial charge on any atom is -0.483 e. The van der Waals surface area contributed by atoms with Crippen molar-refractivity contribution in [1.29, 1.82) is 0 Å². The summed E-state index contributed by atoms with van der Waals surface area (Å²) >= 11 is 4.99. The van der Waals surface area contributed by atoms with Gasteiger partial charge in [0, 0.05) is 0 Å². The fourth-order valence-electron chi connectivity index (χ4n) is 2.74. The Bertz CT molecular complexity index is 1010. The molecule has 0 spiro atoms. The lowest BCUT2D eigenvalue weighted by atomic mass is 9.87. The second-order valence-corrected chi connectivity index (χ2v) is 10.0. The molecule has 148 valence electrons. The second kappa shape index (κ2) is 8.21. The summed E-state index contributed by atoms with van der Waals surface area (Å²) < 4.78 is 7.58. The third kappa shape index (κ3) is 4.92. The lowest BCUT2D eigenvalue weighted by molar-refractivity contribution is -0.118. The fourth-order valence-corrected chi connectivity index (χ4v) is 4.17. The van der Waals surface area contributed by atoms with Crippen molar-refractivity contribution >= 4 is 48.5 Å². The molecule has 0 aliphatic carbocycles. The number of anilines is 1. The highest BCUT2D eigenvalue weighted by Crippen LogP contribution is 2.31. The number of halogens is 1. The van der Waals surface area contributed by atoms with Crippen LogP contribution in [0.3, 0.4) is 0 Å². The highest BCUT2D eigenvalue weighted by Gasteiger charge is 2.16. The van der Waals surface area contributed by atoms with Crippen LogP contribution in [0.4, 0.5) is 5.13 Å². The van der Waals surface area contributed by atoms with Gasteiger partial charge in [-0.05, 0) is 62.7 Å². The molecule has 0 unspecified atom stereocenters. The van der Waals surface area contributed by atoms with E-state index in [1.807, 2.05) is 24.3 Å². The molecule has 1 aromatic heterocycles. The van der Waals surface area contributed by atoms with Gasteiger partial charge in [-0.1, -0.05) is 58.1 Å². The van der Waals surface area contributed by atoms with E-state index >= 15 is 0 Å². The molecular formula is C22H25BrN2O2S. The number of aromatic nitrogens is 1. The van der Waals surface area contributed by atoms with Gasteiger partial charge in [-0.15, -0.1) is 0 Å². The molecule has 0 aliphatic rings. The Hall–Kier alpha value is -1.92. The van der Waals surface area contributed by atoms with Gasteiger partial charge >= 0.3 is 0 Å². The van der Waals surface area contributed by atoms with Gasteiger partial charge in [0.1, 0.15) is 5.75 Å². The van der Waals surface area contributed by atoms with Gasteiger partial charge < -0.3 is 4.74 Å². The molecule has 0 bridgehead atoms. The minimum atomic E-state index is -0.227. The van der Waals surface area contributed by atoms with Crippen LogP contribution in [0.25, 0.3) is 10.2 Å². The molecule has 1 heterocycles. The molecule has 0 radical (unpaired) electrons. The Labute approximate surface area is 178 Å². The number of nitrogens with zero attached hydrogens (tertiary/aromatic N) is 1. The first-order chi connectivity index (χ1) is 13.1. The van der Waals surface area contributed by atoms with E-state index in [2.05, 4.69) is 73.0 Å². The molecule has 1 N–H and O–H groups in total. The molecule has 6 heteroatoms. The molecule has 28 heavy (non-hydrogen) atoms. The summed E-state index contributed by atoms with van der Waals surface area (Å²) in [5.41, 5.74) is 3.43. The van der Waals surface area contributed by atoms with E-state index < -0.39 is 0 Å². The number of benzene rings is 2. The zero-order valence-electron chi connectivity index (χ0n) is 16.8. The van der Waals surface area contributed by atoms with E-state index in [9.17, 15) is 4.79 Å². The summed E-state index contributed by atoms with van der Waals surface area (Å²) in [4.78, 5) is 16.8. The first-order valence-corrected chi connectivity index (χ1v) is 10.9. The number of fused-ring (bicyclic) bond motifs is 1.